The van der Waals surface area contributed by atoms with E-state index in [1.807, 2.05) is 16.0 Å². The molecule has 3 heterocycles. The molecule has 28 heavy (non-hydrogen) atoms. The summed E-state index contributed by atoms with van der Waals surface area (Å²) in [5.41, 5.74) is 4.14. The standard InChI is InChI=1S/C21H23N3O3S/c1-2-14-5-7-15(8-6-14)18-12-24-17(13-28-21(24)22-18)10-19(25)23-9-3-4-16(11-23)20(26)27/h5-8,12-13,16H,2-4,9-11H2,1H3,(H,26,27). The van der Waals surface area contributed by atoms with Gasteiger partial charge in [-0.25, -0.2) is 4.98 Å². The molecule has 4 rings (SSSR count). The van der Waals surface area contributed by atoms with Crippen LogP contribution in [0, 0.1) is 5.92 Å². The van der Waals surface area contributed by atoms with Gasteiger partial charge in [0.1, 0.15) is 0 Å². The van der Waals surface area contributed by atoms with Crippen LogP contribution >= 0.6 is 11.3 Å². The molecule has 0 bridgehead atoms. The number of amides is 1. The van der Waals surface area contributed by atoms with E-state index in [1.54, 1.807) is 4.90 Å². The maximum absolute atomic E-state index is 12.7. The first-order valence-corrected chi connectivity index (χ1v) is 10.5. The lowest BCUT2D eigenvalue weighted by molar-refractivity contribution is -0.145. The number of fused-ring (bicyclic) bond motifs is 1. The fourth-order valence-electron chi connectivity index (χ4n) is 3.68. The Morgan fingerprint density at radius 1 is 1.29 bits per heavy atom. The largest absolute Gasteiger partial charge is 0.481 e. The van der Waals surface area contributed by atoms with Gasteiger partial charge in [-0.15, -0.1) is 11.3 Å². The Bertz CT molecular complexity index is 1010. The second-order valence-corrected chi connectivity index (χ2v) is 8.09. The lowest BCUT2D eigenvalue weighted by atomic mass is 9.98. The van der Waals surface area contributed by atoms with Gasteiger partial charge in [0, 0.05) is 35.9 Å². The number of aryl methyl sites for hydroxylation is 1. The van der Waals surface area contributed by atoms with Crippen LogP contribution in [0.4, 0.5) is 0 Å². The van der Waals surface area contributed by atoms with E-state index in [4.69, 9.17) is 4.98 Å². The van der Waals surface area contributed by atoms with Gasteiger partial charge in [-0.1, -0.05) is 31.2 Å². The number of carboxylic acids is 1. The van der Waals surface area contributed by atoms with E-state index >= 15 is 0 Å². The van der Waals surface area contributed by atoms with Crippen LogP contribution in [0.15, 0.2) is 35.8 Å². The predicted molar refractivity (Wildman–Crippen MR) is 109 cm³/mol. The Kier molecular flexibility index (Phi) is 5.17. The van der Waals surface area contributed by atoms with Crippen molar-refractivity contribution in [1.29, 1.82) is 0 Å². The molecule has 1 aromatic carbocycles. The molecule has 0 spiro atoms. The van der Waals surface area contributed by atoms with Crippen LogP contribution in [0.5, 0.6) is 0 Å². The van der Waals surface area contributed by atoms with Crippen LogP contribution in [0.2, 0.25) is 0 Å². The summed E-state index contributed by atoms with van der Waals surface area (Å²) in [5, 5.41) is 11.2. The van der Waals surface area contributed by atoms with Gasteiger partial charge in [0.25, 0.3) is 0 Å². The molecular formula is C21H23N3O3S. The summed E-state index contributed by atoms with van der Waals surface area (Å²) in [6, 6.07) is 8.39. The Morgan fingerprint density at radius 2 is 2.07 bits per heavy atom. The number of carbonyl (C=O) groups excluding carboxylic acids is 1. The number of rotatable bonds is 5. The van der Waals surface area contributed by atoms with Crippen LogP contribution in [0.1, 0.15) is 31.0 Å². The monoisotopic (exact) mass is 397 g/mol. The highest BCUT2D eigenvalue weighted by molar-refractivity contribution is 7.15. The van der Waals surface area contributed by atoms with Crippen molar-refractivity contribution in [1.82, 2.24) is 14.3 Å². The van der Waals surface area contributed by atoms with Crippen molar-refractivity contribution in [3.05, 3.63) is 47.1 Å². The number of nitrogens with zero attached hydrogens (tertiary/aromatic N) is 3. The van der Waals surface area contributed by atoms with Gasteiger partial charge >= 0.3 is 5.97 Å². The van der Waals surface area contributed by atoms with E-state index in [0.29, 0.717) is 19.5 Å². The molecule has 1 atom stereocenters. The predicted octanol–water partition coefficient (Wildman–Crippen LogP) is 3.49. The lowest BCUT2D eigenvalue weighted by Crippen LogP contribution is -2.43. The van der Waals surface area contributed by atoms with E-state index in [1.165, 1.54) is 16.9 Å². The average molecular weight is 398 g/mol. The first-order chi connectivity index (χ1) is 13.5. The quantitative estimate of drug-likeness (QED) is 0.715. The van der Waals surface area contributed by atoms with Crippen molar-refractivity contribution in [2.75, 3.05) is 13.1 Å². The summed E-state index contributed by atoms with van der Waals surface area (Å²) < 4.78 is 1.98. The molecule has 3 aromatic rings. The number of imidazole rings is 1. The lowest BCUT2D eigenvalue weighted by Gasteiger charge is -2.30. The summed E-state index contributed by atoms with van der Waals surface area (Å²) in [7, 11) is 0. The summed E-state index contributed by atoms with van der Waals surface area (Å²) in [6.45, 7) is 3.07. The number of likely N-dealkylation sites (tertiary alicyclic amines) is 1. The van der Waals surface area contributed by atoms with E-state index in [-0.39, 0.29) is 12.3 Å². The fraction of sp³-hybridized carbons (Fsp3) is 0.381. The van der Waals surface area contributed by atoms with Crippen molar-refractivity contribution in [3.8, 4) is 11.3 Å². The highest BCUT2D eigenvalue weighted by Gasteiger charge is 2.28. The van der Waals surface area contributed by atoms with Gasteiger partial charge in [0.2, 0.25) is 5.91 Å². The van der Waals surface area contributed by atoms with Crippen molar-refractivity contribution < 1.29 is 14.7 Å². The van der Waals surface area contributed by atoms with Crippen LogP contribution in [-0.4, -0.2) is 44.4 Å². The molecule has 1 aliphatic rings. The molecule has 6 nitrogen and oxygen atoms in total. The van der Waals surface area contributed by atoms with E-state index in [2.05, 4.69) is 31.2 Å². The Morgan fingerprint density at radius 3 is 2.79 bits per heavy atom. The minimum Gasteiger partial charge on any atom is -0.481 e. The number of hydrogen-bond acceptors (Lipinski definition) is 4. The number of piperidine rings is 1. The number of carboxylic acid groups (broad SMARTS) is 1. The Hall–Kier alpha value is -2.67. The smallest absolute Gasteiger partial charge is 0.308 e. The third kappa shape index (κ3) is 3.67. The van der Waals surface area contributed by atoms with Crippen molar-refractivity contribution in [2.24, 2.45) is 5.92 Å². The molecule has 2 aromatic heterocycles. The number of aliphatic carboxylic acids is 1. The Balaban J connectivity index is 1.52. The third-order valence-electron chi connectivity index (χ3n) is 5.40. The van der Waals surface area contributed by atoms with E-state index in [0.717, 1.165) is 34.8 Å². The first-order valence-electron chi connectivity index (χ1n) is 9.60. The topological polar surface area (TPSA) is 74.9 Å². The summed E-state index contributed by atoms with van der Waals surface area (Å²) >= 11 is 1.52. The molecule has 146 valence electrons. The molecule has 0 saturated carbocycles. The molecule has 1 amide bonds. The number of thiazole rings is 1. The molecule has 0 radical (unpaired) electrons. The zero-order valence-electron chi connectivity index (χ0n) is 15.8. The number of benzene rings is 1. The summed E-state index contributed by atoms with van der Waals surface area (Å²) in [5.74, 6) is -1.29. The molecule has 1 fully saturated rings. The fourth-order valence-corrected chi connectivity index (χ4v) is 4.55. The number of hydrogen-bond donors (Lipinski definition) is 1. The van der Waals surface area contributed by atoms with Gasteiger partial charge in [0.15, 0.2) is 4.96 Å². The van der Waals surface area contributed by atoms with Gasteiger partial charge < -0.3 is 10.0 Å². The minimum atomic E-state index is -0.816. The maximum Gasteiger partial charge on any atom is 0.308 e. The Labute approximate surface area is 167 Å². The van der Waals surface area contributed by atoms with Gasteiger partial charge in [-0.3, -0.25) is 14.0 Å². The van der Waals surface area contributed by atoms with Crippen molar-refractivity contribution in [3.63, 3.8) is 0 Å². The number of aromatic nitrogens is 2. The minimum absolute atomic E-state index is 0.0202. The maximum atomic E-state index is 12.7. The number of carbonyl (C=O) groups is 2. The first kappa shape index (κ1) is 18.7. The average Bonchev–Trinajstić information content (AvgIpc) is 3.30. The normalized spacial score (nSPS) is 17.2. The van der Waals surface area contributed by atoms with Gasteiger partial charge in [0.05, 0.1) is 18.0 Å². The van der Waals surface area contributed by atoms with Crippen LogP contribution in [-0.2, 0) is 22.4 Å². The molecule has 1 N–H and O–H groups in total. The zero-order chi connectivity index (χ0) is 19.7. The second kappa shape index (κ2) is 7.75. The third-order valence-corrected chi connectivity index (χ3v) is 6.29. The molecule has 1 unspecified atom stereocenters. The summed E-state index contributed by atoms with van der Waals surface area (Å²) in [4.78, 5) is 31.2. The SMILES string of the molecule is CCc1ccc(-c2cn3c(CC(=O)N4CCCC(C(=O)O)C4)csc3n2)cc1. The highest BCUT2D eigenvalue weighted by Crippen LogP contribution is 2.25. The molecule has 0 aliphatic carbocycles. The van der Waals surface area contributed by atoms with Gasteiger partial charge in [-0.05, 0) is 24.8 Å². The van der Waals surface area contributed by atoms with E-state index < -0.39 is 11.9 Å². The molecule has 1 saturated heterocycles. The highest BCUT2D eigenvalue weighted by atomic mass is 32.1. The molecule has 7 heteroatoms. The van der Waals surface area contributed by atoms with E-state index in [9.17, 15) is 14.7 Å². The van der Waals surface area contributed by atoms with Gasteiger partial charge in [-0.2, -0.15) is 0 Å². The van der Waals surface area contributed by atoms with Crippen LogP contribution in [0.3, 0.4) is 0 Å². The molecular weight excluding hydrogens is 374 g/mol. The second-order valence-electron chi connectivity index (χ2n) is 7.25. The van der Waals surface area contributed by atoms with Crippen molar-refractivity contribution in [2.45, 2.75) is 32.6 Å². The van der Waals surface area contributed by atoms with Crippen molar-refractivity contribution >= 4 is 28.2 Å². The zero-order valence-corrected chi connectivity index (χ0v) is 16.6. The molecule has 1 aliphatic heterocycles. The summed E-state index contributed by atoms with van der Waals surface area (Å²) in [6.07, 6.45) is 4.63. The van der Waals surface area contributed by atoms with Crippen LogP contribution in [0.25, 0.3) is 16.2 Å². The van der Waals surface area contributed by atoms with Crippen LogP contribution < -0.4 is 0 Å².